The number of nitrogens with two attached hydrogens (primary N) is 1. The highest BCUT2D eigenvalue weighted by Crippen LogP contribution is 2.26. The quantitative estimate of drug-likeness (QED) is 0.436. The molecule has 3 amide bonds. The SMILES string of the molecule is NC(=O)c1ccc(N2CCC(CN3CCN(c4ccc5c(=O)n(C6CCC(=O)NC6=O)ncc5c4)CC3)CC2)cc1. The Labute approximate surface area is 237 Å². The highest BCUT2D eigenvalue weighted by molar-refractivity contribution is 5.99. The van der Waals surface area contributed by atoms with Crippen LogP contribution in [0.1, 0.15) is 42.1 Å². The number of hydrogen-bond donors (Lipinski definition) is 2. The molecule has 4 heterocycles. The maximum atomic E-state index is 13.1. The predicted molar refractivity (Wildman–Crippen MR) is 156 cm³/mol. The highest BCUT2D eigenvalue weighted by atomic mass is 16.2. The number of hydrogen-bond acceptors (Lipinski definition) is 8. The molecule has 3 aliphatic rings. The Morgan fingerprint density at radius 3 is 2.24 bits per heavy atom. The van der Waals surface area contributed by atoms with Gasteiger partial charge in [-0.15, -0.1) is 0 Å². The average molecular weight is 558 g/mol. The lowest BCUT2D eigenvalue weighted by molar-refractivity contribution is -0.136. The van der Waals surface area contributed by atoms with Crippen LogP contribution in [0.3, 0.4) is 0 Å². The Kier molecular flexibility index (Phi) is 7.44. The Bertz CT molecular complexity index is 1520. The second-order valence-corrected chi connectivity index (χ2v) is 11.3. The summed E-state index contributed by atoms with van der Waals surface area (Å²) in [5, 5.41) is 7.84. The van der Waals surface area contributed by atoms with Crippen LogP contribution in [0.15, 0.2) is 53.5 Å². The summed E-state index contributed by atoms with van der Waals surface area (Å²) < 4.78 is 1.20. The molecule has 0 aliphatic carbocycles. The van der Waals surface area contributed by atoms with E-state index in [0.29, 0.717) is 16.9 Å². The van der Waals surface area contributed by atoms with Gasteiger partial charge >= 0.3 is 0 Å². The lowest BCUT2D eigenvalue weighted by atomic mass is 9.95. The van der Waals surface area contributed by atoms with Crippen molar-refractivity contribution in [3.63, 3.8) is 0 Å². The summed E-state index contributed by atoms with van der Waals surface area (Å²) in [6.07, 6.45) is 4.40. The molecule has 3 aromatic rings. The fourth-order valence-corrected chi connectivity index (χ4v) is 6.25. The van der Waals surface area contributed by atoms with E-state index in [2.05, 4.69) is 25.1 Å². The normalized spacial score (nSPS) is 20.8. The highest BCUT2D eigenvalue weighted by Gasteiger charge is 2.30. The number of amides is 3. The van der Waals surface area contributed by atoms with Gasteiger partial charge in [0.2, 0.25) is 11.8 Å². The van der Waals surface area contributed by atoms with Gasteiger partial charge in [-0.25, -0.2) is 4.68 Å². The van der Waals surface area contributed by atoms with Crippen molar-refractivity contribution < 1.29 is 14.4 Å². The Balaban J connectivity index is 1.02. The molecule has 0 saturated carbocycles. The molecule has 0 bridgehead atoms. The van der Waals surface area contributed by atoms with Crippen LogP contribution in [0, 0.1) is 5.92 Å². The van der Waals surface area contributed by atoms with E-state index in [4.69, 9.17) is 5.73 Å². The van der Waals surface area contributed by atoms with Gasteiger partial charge in [-0.1, -0.05) is 0 Å². The maximum Gasteiger partial charge on any atom is 0.275 e. The summed E-state index contributed by atoms with van der Waals surface area (Å²) in [6, 6.07) is 12.6. The second-order valence-electron chi connectivity index (χ2n) is 11.3. The number of carbonyl (C=O) groups excluding carboxylic acids is 3. The number of anilines is 2. The van der Waals surface area contributed by atoms with E-state index in [0.717, 1.165) is 75.4 Å². The Morgan fingerprint density at radius 1 is 0.878 bits per heavy atom. The molecule has 0 spiro atoms. The number of piperidine rings is 2. The molecular weight excluding hydrogens is 522 g/mol. The van der Waals surface area contributed by atoms with Gasteiger partial charge in [0.05, 0.1) is 11.6 Å². The van der Waals surface area contributed by atoms with E-state index >= 15 is 0 Å². The number of nitrogens with one attached hydrogen (secondary N) is 1. The molecule has 214 valence electrons. The minimum absolute atomic E-state index is 0.195. The number of primary amides is 1. The van der Waals surface area contributed by atoms with E-state index < -0.39 is 17.9 Å². The van der Waals surface area contributed by atoms with Crippen LogP contribution in [0.2, 0.25) is 0 Å². The molecule has 6 rings (SSSR count). The average Bonchev–Trinajstić information content (AvgIpc) is 2.98. The van der Waals surface area contributed by atoms with Crippen molar-refractivity contribution in [2.24, 2.45) is 11.7 Å². The van der Waals surface area contributed by atoms with Crippen molar-refractivity contribution in [2.45, 2.75) is 31.7 Å². The van der Waals surface area contributed by atoms with Gasteiger partial charge in [0.15, 0.2) is 0 Å². The molecule has 3 fully saturated rings. The number of piperazine rings is 1. The second kappa shape index (κ2) is 11.3. The van der Waals surface area contributed by atoms with Gasteiger partial charge in [-0.05, 0) is 67.6 Å². The molecule has 0 radical (unpaired) electrons. The molecule has 3 aliphatic heterocycles. The zero-order chi connectivity index (χ0) is 28.5. The van der Waals surface area contributed by atoms with Gasteiger partial charge in [0.25, 0.3) is 11.5 Å². The number of benzene rings is 2. The minimum atomic E-state index is -0.764. The van der Waals surface area contributed by atoms with E-state index in [1.165, 1.54) is 4.68 Å². The third-order valence-electron chi connectivity index (χ3n) is 8.69. The standard InChI is InChI=1S/C30H35N7O4/c31-28(39)21-1-3-23(4-2-21)35-11-9-20(10-12-35)19-34-13-15-36(16-14-34)24-5-6-25-22(17-24)18-32-37(30(25)41)26-7-8-27(38)33-29(26)40/h1-6,17-18,20,26H,7-16,19H2,(H2,31,39)(H,33,38,40). The molecular formula is C30H35N7O4. The molecule has 11 heteroatoms. The van der Waals surface area contributed by atoms with Gasteiger partial charge in [-0.2, -0.15) is 5.10 Å². The van der Waals surface area contributed by atoms with Crippen molar-refractivity contribution in [3.8, 4) is 0 Å². The van der Waals surface area contributed by atoms with E-state index in [1.807, 2.05) is 30.3 Å². The minimum Gasteiger partial charge on any atom is -0.372 e. The van der Waals surface area contributed by atoms with Gasteiger partial charge in [-0.3, -0.25) is 29.4 Å². The molecule has 1 atom stereocenters. The summed E-state index contributed by atoms with van der Waals surface area (Å²) >= 11 is 0. The Morgan fingerprint density at radius 2 is 1.56 bits per heavy atom. The first-order valence-electron chi connectivity index (χ1n) is 14.3. The van der Waals surface area contributed by atoms with Crippen LogP contribution in [0.4, 0.5) is 11.4 Å². The topological polar surface area (TPSA) is 134 Å². The number of nitrogens with zero attached hydrogens (tertiary/aromatic N) is 5. The van der Waals surface area contributed by atoms with Gasteiger partial charge in [0.1, 0.15) is 6.04 Å². The monoisotopic (exact) mass is 557 g/mol. The lowest BCUT2D eigenvalue weighted by Crippen LogP contribution is -2.49. The molecule has 11 nitrogen and oxygen atoms in total. The van der Waals surface area contributed by atoms with Gasteiger partial charge in [0, 0.05) is 74.6 Å². The van der Waals surface area contributed by atoms with Crippen LogP contribution in [-0.2, 0) is 9.59 Å². The van der Waals surface area contributed by atoms with Crippen LogP contribution in [0.25, 0.3) is 10.8 Å². The van der Waals surface area contributed by atoms with Crippen LogP contribution >= 0.6 is 0 Å². The maximum absolute atomic E-state index is 13.1. The van der Waals surface area contributed by atoms with E-state index in [1.54, 1.807) is 18.3 Å². The summed E-state index contributed by atoms with van der Waals surface area (Å²) in [4.78, 5) is 55.5. The first kappa shape index (κ1) is 26.9. The first-order chi connectivity index (χ1) is 19.9. The summed E-state index contributed by atoms with van der Waals surface area (Å²) in [5.74, 6) is -0.530. The third kappa shape index (κ3) is 5.67. The molecule has 3 saturated heterocycles. The fraction of sp³-hybridized carbons (Fsp3) is 0.433. The first-order valence-corrected chi connectivity index (χ1v) is 14.3. The van der Waals surface area contributed by atoms with Crippen LogP contribution in [-0.4, -0.2) is 78.2 Å². The molecule has 2 aromatic carbocycles. The number of carbonyl (C=O) groups is 3. The largest absolute Gasteiger partial charge is 0.372 e. The molecule has 3 N–H and O–H groups in total. The number of aromatic nitrogens is 2. The zero-order valence-corrected chi connectivity index (χ0v) is 23.0. The number of rotatable bonds is 6. The number of fused-ring (bicyclic) bond motifs is 1. The van der Waals surface area contributed by atoms with Crippen molar-refractivity contribution in [3.05, 3.63) is 64.6 Å². The van der Waals surface area contributed by atoms with Crippen molar-refractivity contribution in [1.82, 2.24) is 20.0 Å². The number of imide groups is 1. The molecule has 1 aromatic heterocycles. The van der Waals surface area contributed by atoms with Crippen molar-refractivity contribution >= 4 is 39.9 Å². The molecule has 41 heavy (non-hydrogen) atoms. The fourth-order valence-electron chi connectivity index (χ4n) is 6.25. The zero-order valence-electron chi connectivity index (χ0n) is 23.0. The lowest BCUT2D eigenvalue weighted by Gasteiger charge is -2.40. The van der Waals surface area contributed by atoms with Crippen LogP contribution in [0.5, 0.6) is 0 Å². The van der Waals surface area contributed by atoms with E-state index in [-0.39, 0.29) is 24.3 Å². The molecule has 1 unspecified atom stereocenters. The van der Waals surface area contributed by atoms with Gasteiger partial charge < -0.3 is 15.5 Å². The van der Waals surface area contributed by atoms with E-state index in [9.17, 15) is 19.2 Å². The summed E-state index contributed by atoms with van der Waals surface area (Å²) in [7, 11) is 0. The summed E-state index contributed by atoms with van der Waals surface area (Å²) in [5.41, 5.74) is 7.78. The third-order valence-corrected chi connectivity index (χ3v) is 8.69. The Hall–Kier alpha value is -4.25. The smallest absolute Gasteiger partial charge is 0.275 e. The van der Waals surface area contributed by atoms with Crippen molar-refractivity contribution in [1.29, 1.82) is 0 Å². The van der Waals surface area contributed by atoms with Crippen LogP contribution < -0.4 is 26.4 Å². The predicted octanol–water partition coefficient (Wildman–Crippen LogP) is 1.51. The summed E-state index contributed by atoms with van der Waals surface area (Å²) in [6.45, 7) is 6.93. The van der Waals surface area contributed by atoms with Crippen molar-refractivity contribution in [2.75, 3.05) is 55.6 Å².